The summed E-state index contributed by atoms with van der Waals surface area (Å²) in [6.45, 7) is 11.2. The van der Waals surface area contributed by atoms with Crippen LogP contribution in [0.2, 0.25) is 0 Å². The van der Waals surface area contributed by atoms with Crippen LogP contribution >= 0.6 is 12.6 Å². The molecular weight excluding hydrogens is 490 g/mol. The summed E-state index contributed by atoms with van der Waals surface area (Å²) in [4.78, 5) is 41.6. The van der Waals surface area contributed by atoms with Crippen LogP contribution in [0.15, 0.2) is 42.5 Å². The Kier molecular flexibility index (Phi) is 10.9. The maximum atomic E-state index is 13.8. The molecule has 0 saturated carbocycles. The van der Waals surface area contributed by atoms with Gasteiger partial charge in [-0.25, -0.2) is 4.79 Å². The maximum absolute atomic E-state index is 13.8. The van der Waals surface area contributed by atoms with Gasteiger partial charge in [0.15, 0.2) is 0 Å². The molecule has 0 saturated heterocycles. The summed E-state index contributed by atoms with van der Waals surface area (Å²) in [6, 6.07) is 9.90. The predicted octanol–water partition coefficient (Wildman–Crippen LogP) is 5.14. The summed E-state index contributed by atoms with van der Waals surface area (Å²) < 4.78 is 5.33. The fourth-order valence-corrected chi connectivity index (χ4v) is 4.15. The lowest BCUT2D eigenvalue weighted by Gasteiger charge is -2.34. The first-order valence-corrected chi connectivity index (χ1v) is 13.1. The zero-order valence-electron chi connectivity index (χ0n) is 22.5. The summed E-state index contributed by atoms with van der Waals surface area (Å²) >= 11 is 4.30. The number of nitrogens with zero attached hydrogens (tertiary/aromatic N) is 1. The average molecular weight is 530 g/mol. The van der Waals surface area contributed by atoms with Gasteiger partial charge in [-0.1, -0.05) is 43.7 Å². The van der Waals surface area contributed by atoms with Crippen LogP contribution in [0.5, 0.6) is 5.75 Å². The Morgan fingerprint density at radius 1 is 1.08 bits per heavy atom. The maximum Gasteiger partial charge on any atom is 0.408 e. The molecule has 37 heavy (non-hydrogen) atoms. The molecule has 0 heterocycles. The lowest BCUT2D eigenvalue weighted by Crippen LogP contribution is -2.53. The second-order valence-corrected chi connectivity index (χ2v) is 10.4. The molecule has 0 aliphatic carbocycles. The molecular formula is C28H39N3O5S. The van der Waals surface area contributed by atoms with Crippen LogP contribution < -0.4 is 10.6 Å². The van der Waals surface area contributed by atoms with E-state index in [1.165, 1.54) is 17.0 Å². The molecule has 8 nitrogen and oxygen atoms in total. The molecule has 3 N–H and O–H groups in total. The first kappa shape index (κ1) is 30.0. The van der Waals surface area contributed by atoms with Crippen LogP contribution in [0.25, 0.3) is 0 Å². The molecule has 0 aliphatic heterocycles. The Morgan fingerprint density at radius 3 is 2.24 bits per heavy atom. The smallest absolute Gasteiger partial charge is 0.408 e. The average Bonchev–Trinajstić information content (AvgIpc) is 2.81. The van der Waals surface area contributed by atoms with E-state index in [1.807, 2.05) is 39.0 Å². The highest BCUT2D eigenvalue weighted by atomic mass is 32.1. The number of rotatable bonds is 10. The normalized spacial score (nSPS) is 12.8. The van der Waals surface area contributed by atoms with Gasteiger partial charge < -0.3 is 25.4 Å². The minimum atomic E-state index is -1.06. The van der Waals surface area contributed by atoms with Crippen molar-refractivity contribution in [2.45, 2.75) is 72.1 Å². The van der Waals surface area contributed by atoms with Gasteiger partial charge in [0.1, 0.15) is 23.4 Å². The molecule has 202 valence electrons. The van der Waals surface area contributed by atoms with Crippen LogP contribution in [-0.4, -0.2) is 51.9 Å². The Morgan fingerprint density at radius 2 is 1.70 bits per heavy atom. The van der Waals surface area contributed by atoms with Crippen molar-refractivity contribution in [3.63, 3.8) is 0 Å². The summed E-state index contributed by atoms with van der Waals surface area (Å²) in [6.07, 6.45) is 0.660. The van der Waals surface area contributed by atoms with Gasteiger partial charge in [0.2, 0.25) is 5.91 Å². The Balaban J connectivity index is 2.51. The van der Waals surface area contributed by atoms with Crippen LogP contribution in [0.3, 0.4) is 0 Å². The first-order chi connectivity index (χ1) is 17.4. The number of phenols is 1. The van der Waals surface area contributed by atoms with E-state index in [0.29, 0.717) is 17.7 Å². The van der Waals surface area contributed by atoms with Gasteiger partial charge in [0.05, 0.1) is 0 Å². The number of aromatic hydroxyl groups is 1. The Hall–Kier alpha value is -3.20. The largest absolute Gasteiger partial charge is 0.508 e. The minimum Gasteiger partial charge on any atom is -0.508 e. The number of para-hydroxylation sites is 1. The van der Waals surface area contributed by atoms with E-state index in [1.54, 1.807) is 32.9 Å². The van der Waals surface area contributed by atoms with Crippen LogP contribution in [0.1, 0.15) is 63.3 Å². The van der Waals surface area contributed by atoms with Gasteiger partial charge >= 0.3 is 6.09 Å². The Bertz CT molecular complexity index is 1080. The summed E-state index contributed by atoms with van der Waals surface area (Å²) in [5.74, 6) is -0.920. The van der Waals surface area contributed by atoms with E-state index in [2.05, 4.69) is 23.3 Å². The van der Waals surface area contributed by atoms with E-state index < -0.39 is 35.6 Å². The number of hydrogen-bond donors (Lipinski definition) is 4. The lowest BCUT2D eigenvalue weighted by atomic mass is 10.0. The molecule has 2 unspecified atom stereocenters. The number of carbonyl (C=O) groups excluding carboxylic acids is 3. The highest BCUT2D eigenvalue weighted by Crippen LogP contribution is 2.29. The third kappa shape index (κ3) is 8.70. The van der Waals surface area contributed by atoms with E-state index >= 15 is 0 Å². The molecule has 9 heteroatoms. The van der Waals surface area contributed by atoms with Crippen molar-refractivity contribution < 1.29 is 24.2 Å². The van der Waals surface area contributed by atoms with Gasteiger partial charge in [-0.3, -0.25) is 9.59 Å². The molecule has 2 rings (SSSR count). The quantitative estimate of drug-likeness (QED) is 0.319. The number of hydrogen-bond acceptors (Lipinski definition) is 6. The standard InChI is InChI=1S/C28H39N3O5S/c1-7-8-15-31(26(34)22(17-37)29-27(35)36-28(4,5)6)24(20-13-10-14-21(32)16-20)25(33)30-23-18(2)11-9-12-19(23)3/h9-14,16,22,24,32,37H,7-8,15,17H2,1-6H3,(H,29,35)(H,30,33). The van der Waals surface area contributed by atoms with Crippen molar-refractivity contribution >= 4 is 36.2 Å². The molecule has 0 bridgehead atoms. The van der Waals surface area contributed by atoms with Crippen molar-refractivity contribution in [1.29, 1.82) is 0 Å². The van der Waals surface area contributed by atoms with E-state index in [-0.39, 0.29) is 18.0 Å². The number of phenolic OH excluding ortho intramolecular Hbond substituents is 1. The van der Waals surface area contributed by atoms with Crippen molar-refractivity contribution in [2.24, 2.45) is 0 Å². The van der Waals surface area contributed by atoms with Gasteiger partial charge in [-0.2, -0.15) is 12.6 Å². The number of ether oxygens (including phenoxy) is 1. The number of amides is 3. The number of benzene rings is 2. The van der Waals surface area contributed by atoms with Crippen molar-refractivity contribution in [3.8, 4) is 5.75 Å². The number of thiol groups is 1. The third-order valence-corrected chi connectivity index (χ3v) is 6.05. The predicted molar refractivity (Wildman–Crippen MR) is 149 cm³/mol. The molecule has 3 amide bonds. The summed E-state index contributed by atoms with van der Waals surface area (Å²) in [5, 5.41) is 15.8. The molecule has 0 aromatic heterocycles. The minimum absolute atomic E-state index is 0.00593. The first-order valence-electron chi connectivity index (χ1n) is 12.4. The number of unbranched alkanes of at least 4 members (excludes halogenated alkanes) is 1. The number of alkyl carbamates (subject to hydrolysis) is 1. The fraction of sp³-hybridized carbons (Fsp3) is 0.464. The number of aryl methyl sites for hydroxylation is 2. The van der Waals surface area contributed by atoms with Gasteiger partial charge in [0, 0.05) is 18.0 Å². The second kappa shape index (κ2) is 13.4. The molecule has 2 aromatic rings. The van der Waals surface area contributed by atoms with Crippen LogP contribution in [0.4, 0.5) is 10.5 Å². The summed E-state index contributed by atoms with van der Waals surface area (Å²) in [7, 11) is 0. The van der Waals surface area contributed by atoms with Crippen LogP contribution in [0, 0.1) is 13.8 Å². The molecule has 0 aliphatic rings. The fourth-order valence-electron chi connectivity index (χ4n) is 3.90. The van der Waals surface area contributed by atoms with Gasteiger partial charge in [0.25, 0.3) is 5.91 Å². The molecule has 0 radical (unpaired) electrons. The zero-order chi connectivity index (χ0) is 27.8. The van der Waals surface area contributed by atoms with E-state index in [4.69, 9.17) is 4.74 Å². The third-order valence-electron chi connectivity index (χ3n) is 5.68. The van der Waals surface area contributed by atoms with Crippen molar-refractivity contribution in [3.05, 3.63) is 59.2 Å². The van der Waals surface area contributed by atoms with Crippen molar-refractivity contribution in [1.82, 2.24) is 10.2 Å². The molecule has 2 aromatic carbocycles. The molecule has 0 fully saturated rings. The van der Waals surface area contributed by atoms with E-state index in [0.717, 1.165) is 17.5 Å². The summed E-state index contributed by atoms with van der Waals surface area (Å²) in [5.41, 5.74) is 2.14. The van der Waals surface area contributed by atoms with Crippen molar-refractivity contribution in [2.75, 3.05) is 17.6 Å². The lowest BCUT2D eigenvalue weighted by molar-refractivity contribution is -0.140. The topological polar surface area (TPSA) is 108 Å². The number of carbonyl (C=O) groups is 3. The number of nitrogens with one attached hydrogen (secondary N) is 2. The highest BCUT2D eigenvalue weighted by Gasteiger charge is 2.36. The zero-order valence-corrected chi connectivity index (χ0v) is 23.4. The highest BCUT2D eigenvalue weighted by molar-refractivity contribution is 7.80. The molecule has 2 atom stereocenters. The second-order valence-electron chi connectivity index (χ2n) is 10.0. The van der Waals surface area contributed by atoms with E-state index in [9.17, 15) is 19.5 Å². The Labute approximate surface area is 225 Å². The SMILES string of the molecule is CCCCN(C(=O)C(CS)NC(=O)OC(C)(C)C)C(C(=O)Nc1c(C)cccc1C)c1cccc(O)c1. The van der Waals surface area contributed by atoms with Crippen LogP contribution in [-0.2, 0) is 14.3 Å². The monoisotopic (exact) mass is 529 g/mol. The number of anilines is 1. The molecule has 0 spiro atoms. The van der Waals surface area contributed by atoms with Gasteiger partial charge in [-0.15, -0.1) is 0 Å². The van der Waals surface area contributed by atoms with Gasteiger partial charge in [-0.05, 0) is 69.9 Å².